The maximum Gasteiger partial charge on any atom is 0.0354 e. The zero-order chi connectivity index (χ0) is 9.68. The summed E-state index contributed by atoms with van der Waals surface area (Å²) in [6.07, 6.45) is 5.98. The standard InChI is InChI=1S/C11H13NS/c1-3-4-8-13-11-7-5-6-10(12)9(11)2/h1,5-7H,4,8,12H2,2H3. The Hall–Kier alpha value is -1.07. The lowest BCUT2D eigenvalue weighted by atomic mass is 10.2. The van der Waals surface area contributed by atoms with Gasteiger partial charge in [-0.2, -0.15) is 0 Å². The molecule has 0 aromatic heterocycles. The first-order chi connectivity index (χ1) is 6.25. The van der Waals surface area contributed by atoms with Crippen LogP contribution in [0.25, 0.3) is 0 Å². The third-order valence-electron chi connectivity index (χ3n) is 1.83. The Morgan fingerprint density at radius 2 is 2.31 bits per heavy atom. The monoisotopic (exact) mass is 191 g/mol. The second-order valence-electron chi connectivity index (χ2n) is 2.77. The molecule has 1 aromatic carbocycles. The third-order valence-corrected chi connectivity index (χ3v) is 2.99. The van der Waals surface area contributed by atoms with E-state index in [1.807, 2.05) is 19.1 Å². The highest BCUT2D eigenvalue weighted by atomic mass is 32.2. The van der Waals surface area contributed by atoms with Gasteiger partial charge in [-0.05, 0) is 24.6 Å². The Morgan fingerprint density at radius 1 is 1.54 bits per heavy atom. The first-order valence-electron chi connectivity index (χ1n) is 4.17. The number of hydrogen-bond acceptors (Lipinski definition) is 2. The normalized spacial score (nSPS) is 9.54. The van der Waals surface area contributed by atoms with E-state index >= 15 is 0 Å². The smallest absolute Gasteiger partial charge is 0.0354 e. The summed E-state index contributed by atoms with van der Waals surface area (Å²) in [4.78, 5) is 1.23. The number of benzene rings is 1. The number of terminal acetylenes is 1. The van der Waals surface area contributed by atoms with Gasteiger partial charge >= 0.3 is 0 Å². The number of thioether (sulfide) groups is 1. The minimum atomic E-state index is 0.804. The molecule has 0 radical (unpaired) electrons. The van der Waals surface area contributed by atoms with Crippen LogP contribution in [0, 0.1) is 19.3 Å². The fourth-order valence-electron chi connectivity index (χ4n) is 1.01. The van der Waals surface area contributed by atoms with E-state index in [2.05, 4.69) is 12.0 Å². The first-order valence-corrected chi connectivity index (χ1v) is 5.15. The predicted octanol–water partition coefficient (Wildman–Crippen LogP) is 2.69. The molecule has 1 rings (SSSR count). The Bertz CT molecular complexity index is 325. The zero-order valence-electron chi connectivity index (χ0n) is 7.71. The molecule has 0 amide bonds. The molecule has 0 saturated carbocycles. The van der Waals surface area contributed by atoms with Crippen LogP contribution in [0.1, 0.15) is 12.0 Å². The second-order valence-corrected chi connectivity index (χ2v) is 3.91. The van der Waals surface area contributed by atoms with Gasteiger partial charge in [0.2, 0.25) is 0 Å². The summed E-state index contributed by atoms with van der Waals surface area (Å²) in [6, 6.07) is 5.97. The summed E-state index contributed by atoms with van der Waals surface area (Å²) in [5, 5.41) is 0. The van der Waals surface area contributed by atoms with Crippen molar-refractivity contribution < 1.29 is 0 Å². The molecule has 1 nitrogen and oxygen atoms in total. The van der Waals surface area contributed by atoms with Crippen molar-refractivity contribution in [2.75, 3.05) is 11.5 Å². The zero-order valence-corrected chi connectivity index (χ0v) is 8.53. The van der Waals surface area contributed by atoms with Gasteiger partial charge in [0.25, 0.3) is 0 Å². The molecule has 0 aliphatic heterocycles. The summed E-state index contributed by atoms with van der Waals surface area (Å²) < 4.78 is 0. The molecule has 0 spiro atoms. The molecule has 2 N–H and O–H groups in total. The summed E-state index contributed by atoms with van der Waals surface area (Å²) in [5.41, 5.74) is 7.78. The summed E-state index contributed by atoms with van der Waals surface area (Å²) in [7, 11) is 0. The number of anilines is 1. The van der Waals surface area contributed by atoms with E-state index in [-0.39, 0.29) is 0 Å². The lowest BCUT2D eigenvalue weighted by molar-refractivity contribution is 1.26. The Balaban J connectivity index is 2.67. The van der Waals surface area contributed by atoms with Crippen molar-refractivity contribution in [2.45, 2.75) is 18.2 Å². The molecule has 0 heterocycles. The molecular formula is C11H13NS. The van der Waals surface area contributed by atoms with E-state index in [1.54, 1.807) is 11.8 Å². The van der Waals surface area contributed by atoms with Crippen LogP contribution in [0.5, 0.6) is 0 Å². The molecule has 0 fully saturated rings. The fourth-order valence-corrected chi connectivity index (χ4v) is 1.96. The van der Waals surface area contributed by atoms with Gasteiger partial charge in [-0.25, -0.2) is 0 Å². The quantitative estimate of drug-likeness (QED) is 0.344. The first kappa shape index (κ1) is 10.0. The van der Waals surface area contributed by atoms with Crippen LogP contribution < -0.4 is 5.73 Å². The Morgan fingerprint density at radius 3 is 3.00 bits per heavy atom. The van der Waals surface area contributed by atoms with Crippen LogP contribution in [-0.2, 0) is 0 Å². The van der Waals surface area contributed by atoms with Crippen molar-refractivity contribution >= 4 is 17.4 Å². The summed E-state index contributed by atoms with van der Waals surface area (Å²) in [6.45, 7) is 2.04. The van der Waals surface area contributed by atoms with E-state index in [0.29, 0.717) is 0 Å². The second kappa shape index (κ2) is 4.84. The Kier molecular flexibility index (Phi) is 3.72. The van der Waals surface area contributed by atoms with Crippen molar-refractivity contribution in [3.8, 4) is 12.3 Å². The SMILES string of the molecule is C#CCCSc1cccc(N)c1C. The number of rotatable bonds is 3. The van der Waals surface area contributed by atoms with E-state index in [1.165, 1.54) is 4.90 Å². The maximum atomic E-state index is 5.77. The molecule has 0 atom stereocenters. The van der Waals surface area contributed by atoms with E-state index in [9.17, 15) is 0 Å². The molecule has 0 unspecified atom stereocenters. The highest BCUT2D eigenvalue weighted by molar-refractivity contribution is 7.99. The van der Waals surface area contributed by atoms with Crippen molar-refractivity contribution in [1.82, 2.24) is 0 Å². The van der Waals surface area contributed by atoms with Crippen LogP contribution in [-0.4, -0.2) is 5.75 Å². The van der Waals surface area contributed by atoms with Crippen LogP contribution in [0.4, 0.5) is 5.69 Å². The minimum absolute atomic E-state index is 0.804. The lowest BCUT2D eigenvalue weighted by Gasteiger charge is -2.06. The van der Waals surface area contributed by atoms with Crippen LogP contribution in [0.3, 0.4) is 0 Å². The van der Waals surface area contributed by atoms with Gasteiger partial charge in [0, 0.05) is 22.8 Å². The van der Waals surface area contributed by atoms with Gasteiger partial charge in [0.15, 0.2) is 0 Å². The maximum absolute atomic E-state index is 5.77. The van der Waals surface area contributed by atoms with E-state index in [0.717, 1.165) is 23.4 Å². The van der Waals surface area contributed by atoms with E-state index in [4.69, 9.17) is 12.2 Å². The molecule has 0 saturated heterocycles. The molecule has 1 aromatic rings. The molecule has 0 aliphatic rings. The Labute approximate surface area is 83.7 Å². The largest absolute Gasteiger partial charge is 0.398 e. The number of hydrogen-bond donors (Lipinski definition) is 1. The van der Waals surface area contributed by atoms with E-state index < -0.39 is 0 Å². The van der Waals surface area contributed by atoms with Gasteiger partial charge < -0.3 is 5.73 Å². The lowest BCUT2D eigenvalue weighted by Crippen LogP contribution is -1.91. The fraction of sp³-hybridized carbons (Fsp3) is 0.273. The van der Waals surface area contributed by atoms with Gasteiger partial charge in [-0.1, -0.05) is 6.07 Å². The average molecular weight is 191 g/mol. The molecule has 68 valence electrons. The van der Waals surface area contributed by atoms with Crippen LogP contribution >= 0.6 is 11.8 Å². The topological polar surface area (TPSA) is 26.0 Å². The third kappa shape index (κ3) is 2.71. The highest BCUT2D eigenvalue weighted by Gasteiger charge is 2.00. The average Bonchev–Trinajstić information content (AvgIpc) is 2.13. The van der Waals surface area contributed by atoms with Crippen molar-refractivity contribution in [3.63, 3.8) is 0 Å². The summed E-state index contributed by atoms with van der Waals surface area (Å²) in [5.74, 6) is 3.58. The van der Waals surface area contributed by atoms with Crippen molar-refractivity contribution in [2.24, 2.45) is 0 Å². The number of nitrogens with two attached hydrogens (primary N) is 1. The molecule has 0 bridgehead atoms. The van der Waals surface area contributed by atoms with Crippen molar-refractivity contribution in [3.05, 3.63) is 23.8 Å². The van der Waals surface area contributed by atoms with Gasteiger partial charge in [-0.15, -0.1) is 24.1 Å². The van der Waals surface area contributed by atoms with Gasteiger partial charge in [-0.3, -0.25) is 0 Å². The molecular weight excluding hydrogens is 178 g/mol. The van der Waals surface area contributed by atoms with Gasteiger partial charge in [0.05, 0.1) is 0 Å². The predicted molar refractivity (Wildman–Crippen MR) is 59.8 cm³/mol. The molecule has 0 aliphatic carbocycles. The molecule has 13 heavy (non-hydrogen) atoms. The van der Waals surface area contributed by atoms with Crippen LogP contribution in [0.15, 0.2) is 23.1 Å². The minimum Gasteiger partial charge on any atom is -0.398 e. The van der Waals surface area contributed by atoms with Gasteiger partial charge in [0.1, 0.15) is 0 Å². The number of nitrogen functional groups attached to an aromatic ring is 1. The molecule has 2 heteroatoms. The van der Waals surface area contributed by atoms with Crippen molar-refractivity contribution in [1.29, 1.82) is 0 Å². The summed E-state index contributed by atoms with van der Waals surface area (Å²) >= 11 is 1.76. The van der Waals surface area contributed by atoms with Crippen LogP contribution in [0.2, 0.25) is 0 Å². The highest BCUT2D eigenvalue weighted by Crippen LogP contribution is 2.26.